The minimum Gasteiger partial charge on any atom is -0.497 e. The van der Waals surface area contributed by atoms with Crippen molar-refractivity contribution in [3.63, 3.8) is 0 Å². The van der Waals surface area contributed by atoms with E-state index in [2.05, 4.69) is 4.98 Å². The normalized spacial score (nSPS) is 19.1. The second-order valence-electron chi connectivity index (χ2n) is 9.23. The molecule has 3 aromatic carbocycles. The molecule has 3 atom stereocenters. The molecule has 1 saturated heterocycles. The Kier molecular flexibility index (Phi) is 7.63. The van der Waals surface area contributed by atoms with Gasteiger partial charge in [-0.3, -0.25) is 14.3 Å². The third kappa shape index (κ3) is 5.23. The van der Waals surface area contributed by atoms with Gasteiger partial charge in [0.05, 0.1) is 26.9 Å². The monoisotopic (exact) mass is 532 g/mol. The Hall–Kier alpha value is -4.21. The molecule has 1 aromatic heterocycles. The Morgan fingerprint density at radius 3 is 1.97 bits per heavy atom. The van der Waals surface area contributed by atoms with E-state index in [0.717, 1.165) is 27.3 Å². The van der Waals surface area contributed by atoms with Gasteiger partial charge in [-0.2, -0.15) is 0 Å². The molecule has 1 aliphatic heterocycles. The van der Waals surface area contributed by atoms with Crippen LogP contribution in [0.5, 0.6) is 11.5 Å². The minimum atomic E-state index is -1.46. The van der Waals surface area contributed by atoms with Crippen molar-refractivity contribution in [2.45, 2.75) is 30.5 Å². The van der Waals surface area contributed by atoms with Gasteiger partial charge >= 0.3 is 5.69 Å². The van der Waals surface area contributed by atoms with E-state index >= 15 is 4.39 Å². The lowest BCUT2D eigenvalue weighted by Crippen LogP contribution is -2.36. The number of nitrogens with one attached hydrogen (secondary N) is 1. The highest BCUT2D eigenvalue weighted by atomic mass is 19.1. The average Bonchev–Trinajstić information content (AvgIpc) is 3.34. The molecule has 0 bridgehead atoms. The lowest BCUT2D eigenvalue weighted by atomic mass is 9.80. The van der Waals surface area contributed by atoms with Crippen LogP contribution in [0.15, 0.2) is 101 Å². The molecule has 1 N–H and O–H groups in total. The number of halogens is 1. The SMILES string of the molecule is COc1ccc(C(OC[C@H]2C[C@H](F)[C@H](n3ccc(=O)[nH]c3=O)O2)(c2ccccc2)c2ccc(OC)cc2)cc1. The Balaban J connectivity index is 1.53. The minimum absolute atomic E-state index is 0.0202. The van der Waals surface area contributed by atoms with E-state index in [9.17, 15) is 9.59 Å². The summed E-state index contributed by atoms with van der Waals surface area (Å²) in [7, 11) is 3.21. The number of benzene rings is 3. The van der Waals surface area contributed by atoms with Gasteiger partial charge in [-0.05, 0) is 41.0 Å². The molecule has 1 fully saturated rings. The molecule has 9 heteroatoms. The zero-order chi connectivity index (χ0) is 27.4. The predicted molar refractivity (Wildman–Crippen MR) is 143 cm³/mol. The fourth-order valence-corrected chi connectivity index (χ4v) is 4.97. The molecule has 5 rings (SSSR count). The number of aromatic amines is 1. The number of H-pyrrole nitrogens is 1. The first-order valence-electron chi connectivity index (χ1n) is 12.5. The zero-order valence-electron chi connectivity index (χ0n) is 21.6. The van der Waals surface area contributed by atoms with Crippen LogP contribution in [-0.4, -0.2) is 42.7 Å². The van der Waals surface area contributed by atoms with E-state index in [1.165, 1.54) is 6.20 Å². The Morgan fingerprint density at radius 1 is 0.872 bits per heavy atom. The van der Waals surface area contributed by atoms with Gasteiger partial charge in [0.15, 0.2) is 6.23 Å². The molecule has 0 aliphatic carbocycles. The first-order chi connectivity index (χ1) is 18.9. The Morgan fingerprint density at radius 2 is 1.44 bits per heavy atom. The zero-order valence-corrected chi connectivity index (χ0v) is 21.6. The van der Waals surface area contributed by atoms with Crippen molar-refractivity contribution in [1.82, 2.24) is 9.55 Å². The lowest BCUT2D eigenvalue weighted by molar-refractivity contribution is -0.0825. The van der Waals surface area contributed by atoms with Gasteiger partial charge in [-0.25, -0.2) is 9.18 Å². The second-order valence-corrected chi connectivity index (χ2v) is 9.23. The maximum Gasteiger partial charge on any atom is 0.330 e. The van der Waals surface area contributed by atoms with E-state index < -0.39 is 35.4 Å². The van der Waals surface area contributed by atoms with Gasteiger partial charge in [0, 0.05) is 18.7 Å². The van der Waals surface area contributed by atoms with Gasteiger partial charge in [0.25, 0.3) is 5.56 Å². The molecule has 39 heavy (non-hydrogen) atoms. The van der Waals surface area contributed by atoms with Crippen LogP contribution in [0.1, 0.15) is 29.3 Å². The smallest absolute Gasteiger partial charge is 0.330 e. The maximum absolute atomic E-state index is 15.1. The van der Waals surface area contributed by atoms with Crippen LogP contribution in [0.4, 0.5) is 4.39 Å². The van der Waals surface area contributed by atoms with E-state index in [4.69, 9.17) is 18.9 Å². The van der Waals surface area contributed by atoms with Crippen LogP contribution in [0.3, 0.4) is 0 Å². The summed E-state index contributed by atoms with van der Waals surface area (Å²) in [4.78, 5) is 25.9. The molecule has 8 nitrogen and oxygen atoms in total. The summed E-state index contributed by atoms with van der Waals surface area (Å²) in [5.74, 6) is 1.40. The van der Waals surface area contributed by atoms with E-state index in [1.807, 2.05) is 78.9 Å². The molecule has 1 aliphatic rings. The van der Waals surface area contributed by atoms with Crippen LogP contribution in [0.2, 0.25) is 0 Å². The fraction of sp³-hybridized carbons (Fsp3) is 0.267. The van der Waals surface area contributed by atoms with Crippen LogP contribution in [0.25, 0.3) is 0 Å². The summed E-state index contributed by atoms with van der Waals surface area (Å²) in [6, 6.07) is 26.1. The predicted octanol–water partition coefficient (Wildman–Crippen LogP) is 4.19. The van der Waals surface area contributed by atoms with Crippen LogP contribution in [0, 0.1) is 0 Å². The molecule has 4 aromatic rings. The number of aromatic nitrogens is 2. The first kappa shape index (κ1) is 26.4. The highest BCUT2D eigenvalue weighted by Crippen LogP contribution is 2.42. The molecule has 0 unspecified atom stereocenters. The standard InChI is InChI=1S/C30H29FN2O6/c1-36-23-12-8-21(9-13-23)30(20-6-4-3-5-7-20,22-10-14-24(37-2)15-11-22)38-19-25-18-26(31)28(39-25)33-17-16-27(34)32-29(33)35/h3-17,25-26,28H,18-19H2,1-2H3,(H,32,34,35)/t25-,26+,28-/m1/s1. The molecular weight excluding hydrogens is 503 g/mol. The topological polar surface area (TPSA) is 91.8 Å². The molecule has 202 valence electrons. The molecular formula is C30H29FN2O6. The van der Waals surface area contributed by atoms with Crippen LogP contribution < -0.4 is 20.7 Å². The molecule has 0 saturated carbocycles. The van der Waals surface area contributed by atoms with Crippen molar-refractivity contribution in [2.24, 2.45) is 0 Å². The number of alkyl halides is 1. The lowest BCUT2D eigenvalue weighted by Gasteiger charge is -2.37. The molecule has 2 heterocycles. The summed E-state index contributed by atoms with van der Waals surface area (Å²) in [6.07, 6.45) is -2.02. The van der Waals surface area contributed by atoms with Crippen molar-refractivity contribution in [3.8, 4) is 11.5 Å². The number of rotatable bonds is 9. The van der Waals surface area contributed by atoms with Crippen molar-refractivity contribution in [1.29, 1.82) is 0 Å². The van der Waals surface area contributed by atoms with Crippen LogP contribution in [-0.2, 0) is 15.1 Å². The van der Waals surface area contributed by atoms with Gasteiger partial charge in [0.1, 0.15) is 23.3 Å². The third-order valence-electron chi connectivity index (χ3n) is 6.91. The van der Waals surface area contributed by atoms with Crippen molar-refractivity contribution < 1.29 is 23.3 Å². The van der Waals surface area contributed by atoms with E-state index in [1.54, 1.807) is 14.2 Å². The number of methoxy groups -OCH3 is 2. The molecule has 0 amide bonds. The average molecular weight is 533 g/mol. The quantitative estimate of drug-likeness (QED) is 0.325. The summed E-state index contributed by atoms with van der Waals surface area (Å²) in [5.41, 5.74) is 0.166. The number of hydrogen-bond acceptors (Lipinski definition) is 6. The van der Waals surface area contributed by atoms with Crippen LogP contribution >= 0.6 is 0 Å². The van der Waals surface area contributed by atoms with E-state index in [0.29, 0.717) is 11.5 Å². The van der Waals surface area contributed by atoms with Crippen molar-refractivity contribution in [3.05, 3.63) is 129 Å². The highest BCUT2D eigenvalue weighted by Gasteiger charge is 2.42. The fourth-order valence-electron chi connectivity index (χ4n) is 4.97. The third-order valence-corrected chi connectivity index (χ3v) is 6.91. The second kappa shape index (κ2) is 11.3. The largest absolute Gasteiger partial charge is 0.497 e. The maximum atomic E-state index is 15.1. The highest BCUT2D eigenvalue weighted by molar-refractivity contribution is 5.49. The Labute approximate surface area is 224 Å². The van der Waals surface area contributed by atoms with E-state index in [-0.39, 0.29) is 13.0 Å². The van der Waals surface area contributed by atoms with Gasteiger partial charge in [-0.15, -0.1) is 0 Å². The van der Waals surface area contributed by atoms with Crippen molar-refractivity contribution >= 4 is 0 Å². The number of ether oxygens (including phenoxy) is 4. The van der Waals surface area contributed by atoms with Crippen molar-refractivity contribution in [2.75, 3.05) is 20.8 Å². The number of nitrogens with zero attached hydrogens (tertiary/aromatic N) is 1. The molecule has 0 spiro atoms. The van der Waals surface area contributed by atoms with Gasteiger partial charge < -0.3 is 18.9 Å². The summed E-state index contributed by atoms with van der Waals surface area (Å²) in [5, 5.41) is 0. The summed E-state index contributed by atoms with van der Waals surface area (Å²) < 4.78 is 39.7. The first-order valence-corrected chi connectivity index (χ1v) is 12.5. The van der Waals surface area contributed by atoms with Gasteiger partial charge in [-0.1, -0.05) is 54.6 Å². The summed E-state index contributed by atoms with van der Waals surface area (Å²) in [6.45, 7) is 0.0297. The Bertz CT molecular complexity index is 1450. The molecule has 0 radical (unpaired) electrons. The summed E-state index contributed by atoms with van der Waals surface area (Å²) >= 11 is 0. The number of hydrogen-bond donors (Lipinski definition) is 1. The van der Waals surface area contributed by atoms with Gasteiger partial charge in [0.2, 0.25) is 0 Å².